The molecule has 0 amide bonds. The van der Waals surface area contributed by atoms with Crippen LogP contribution >= 0.6 is 0 Å². The maximum absolute atomic E-state index is 11.0. The highest BCUT2D eigenvalue weighted by molar-refractivity contribution is 5.89. The first-order valence-corrected chi connectivity index (χ1v) is 7.12. The van der Waals surface area contributed by atoms with E-state index in [1.54, 1.807) is 6.07 Å². The summed E-state index contributed by atoms with van der Waals surface area (Å²) in [6.07, 6.45) is 2.36. The van der Waals surface area contributed by atoms with Crippen LogP contribution in [0.1, 0.15) is 49.5 Å². The van der Waals surface area contributed by atoms with Crippen LogP contribution in [-0.2, 0) is 0 Å². The SMILES string of the molecule is CCC(CC)CN(CC)c1ccc(C(=O)O)c(C)c1. The molecular weight excluding hydrogens is 238 g/mol. The van der Waals surface area contributed by atoms with Gasteiger partial charge in [0.1, 0.15) is 0 Å². The van der Waals surface area contributed by atoms with Crippen molar-refractivity contribution in [3.8, 4) is 0 Å². The maximum atomic E-state index is 11.0. The van der Waals surface area contributed by atoms with E-state index in [1.165, 1.54) is 12.8 Å². The molecule has 0 radical (unpaired) electrons. The van der Waals surface area contributed by atoms with Gasteiger partial charge in [-0.1, -0.05) is 26.7 Å². The zero-order chi connectivity index (χ0) is 14.4. The Morgan fingerprint density at radius 1 is 1.26 bits per heavy atom. The van der Waals surface area contributed by atoms with E-state index in [-0.39, 0.29) is 0 Å². The third kappa shape index (κ3) is 3.98. The Hall–Kier alpha value is -1.51. The molecule has 0 bridgehead atoms. The normalized spacial score (nSPS) is 10.8. The summed E-state index contributed by atoms with van der Waals surface area (Å²) in [5, 5.41) is 9.06. The molecule has 3 nitrogen and oxygen atoms in total. The Kier molecular flexibility index (Phi) is 5.87. The standard InChI is InChI=1S/C16H25NO2/c1-5-13(6-2)11-17(7-3)14-8-9-15(16(18)19)12(4)10-14/h8-10,13H,5-7,11H2,1-4H3,(H,18,19). The van der Waals surface area contributed by atoms with Gasteiger partial charge < -0.3 is 10.0 Å². The number of carboxylic acids is 1. The van der Waals surface area contributed by atoms with Gasteiger partial charge in [-0.15, -0.1) is 0 Å². The molecule has 0 spiro atoms. The molecule has 3 heteroatoms. The second-order valence-electron chi connectivity index (χ2n) is 5.03. The van der Waals surface area contributed by atoms with E-state index in [9.17, 15) is 4.79 Å². The number of benzene rings is 1. The molecule has 0 aromatic heterocycles. The van der Waals surface area contributed by atoms with Crippen molar-refractivity contribution in [2.75, 3.05) is 18.0 Å². The van der Waals surface area contributed by atoms with Crippen molar-refractivity contribution < 1.29 is 9.90 Å². The molecule has 1 aromatic rings. The van der Waals surface area contributed by atoms with Crippen LogP contribution in [0.2, 0.25) is 0 Å². The van der Waals surface area contributed by atoms with E-state index >= 15 is 0 Å². The Labute approximate surface area is 116 Å². The van der Waals surface area contributed by atoms with Crippen molar-refractivity contribution in [2.45, 2.75) is 40.5 Å². The van der Waals surface area contributed by atoms with Crippen molar-refractivity contribution in [3.63, 3.8) is 0 Å². The number of aromatic carboxylic acids is 1. The third-order valence-corrected chi connectivity index (χ3v) is 3.82. The lowest BCUT2D eigenvalue weighted by molar-refractivity contribution is 0.0696. The number of hydrogen-bond acceptors (Lipinski definition) is 2. The quantitative estimate of drug-likeness (QED) is 0.809. The smallest absolute Gasteiger partial charge is 0.335 e. The van der Waals surface area contributed by atoms with E-state index in [0.29, 0.717) is 11.5 Å². The average molecular weight is 263 g/mol. The maximum Gasteiger partial charge on any atom is 0.335 e. The molecule has 1 N–H and O–H groups in total. The minimum Gasteiger partial charge on any atom is -0.478 e. The zero-order valence-electron chi connectivity index (χ0n) is 12.4. The molecule has 0 aliphatic carbocycles. The number of hydrogen-bond donors (Lipinski definition) is 1. The van der Waals surface area contributed by atoms with Crippen LogP contribution in [0, 0.1) is 12.8 Å². The fraction of sp³-hybridized carbons (Fsp3) is 0.562. The summed E-state index contributed by atoms with van der Waals surface area (Å²) in [5.74, 6) is -0.161. The summed E-state index contributed by atoms with van der Waals surface area (Å²) >= 11 is 0. The van der Waals surface area contributed by atoms with Crippen LogP contribution in [0.5, 0.6) is 0 Å². The molecule has 1 aromatic carbocycles. The third-order valence-electron chi connectivity index (χ3n) is 3.82. The van der Waals surface area contributed by atoms with Gasteiger partial charge in [-0.3, -0.25) is 0 Å². The molecule has 106 valence electrons. The lowest BCUT2D eigenvalue weighted by Crippen LogP contribution is -2.29. The van der Waals surface area contributed by atoms with Gasteiger partial charge in [0.15, 0.2) is 0 Å². The predicted octanol–water partition coefficient (Wildman–Crippen LogP) is 3.96. The monoisotopic (exact) mass is 263 g/mol. The van der Waals surface area contributed by atoms with Crippen LogP contribution in [-0.4, -0.2) is 24.2 Å². The largest absolute Gasteiger partial charge is 0.478 e. The summed E-state index contributed by atoms with van der Waals surface area (Å²) in [6.45, 7) is 10.4. The molecule has 0 atom stereocenters. The molecule has 0 saturated carbocycles. The van der Waals surface area contributed by atoms with Gasteiger partial charge in [-0.25, -0.2) is 4.79 Å². The van der Waals surface area contributed by atoms with E-state index in [2.05, 4.69) is 25.7 Å². The second kappa shape index (κ2) is 7.17. The molecule has 0 saturated heterocycles. The predicted molar refractivity (Wildman–Crippen MR) is 80.1 cm³/mol. The topological polar surface area (TPSA) is 40.5 Å². The highest BCUT2D eigenvalue weighted by atomic mass is 16.4. The number of nitrogens with zero attached hydrogens (tertiary/aromatic N) is 1. The molecule has 0 aliphatic rings. The van der Waals surface area contributed by atoms with Crippen LogP contribution in [0.25, 0.3) is 0 Å². The molecule has 0 fully saturated rings. The molecule has 0 unspecified atom stereocenters. The van der Waals surface area contributed by atoms with E-state index in [0.717, 1.165) is 24.3 Å². The van der Waals surface area contributed by atoms with Gasteiger partial charge in [-0.2, -0.15) is 0 Å². The summed E-state index contributed by atoms with van der Waals surface area (Å²) in [6, 6.07) is 5.61. The Balaban J connectivity index is 2.93. The fourth-order valence-electron chi connectivity index (χ4n) is 2.36. The lowest BCUT2D eigenvalue weighted by Gasteiger charge is -2.28. The molecule has 19 heavy (non-hydrogen) atoms. The van der Waals surface area contributed by atoms with E-state index in [1.807, 2.05) is 19.1 Å². The lowest BCUT2D eigenvalue weighted by atomic mass is 10.0. The van der Waals surface area contributed by atoms with Crippen LogP contribution in [0.4, 0.5) is 5.69 Å². The van der Waals surface area contributed by atoms with Crippen molar-refractivity contribution in [1.29, 1.82) is 0 Å². The fourth-order valence-corrected chi connectivity index (χ4v) is 2.36. The van der Waals surface area contributed by atoms with Gasteiger partial charge in [0, 0.05) is 18.8 Å². The first-order valence-electron chi connectivity index (χ1n) is 7.12. The summed E-state index contributed by atoms with van der Waals surface area (Å²) in [5.41, 5.74) is 2.34. The minimum absolute atomic E-state index is 0.391. The number of carboxylic acid groups (broad SMARTS) is 1. The van der Waals surface area contributed by atoms with E-state index in [4.69, 9.17) is 5.11 Å². The first kappa shape index (κ1) is 15.5. The highest BCUT2D eigenvalue weighted by Gasteiger charge is 2.13. The Bertz CT molecular complexity index is 425. The average Bonchev–Trinajstić information content (AvgIpc) is 2.39. The van der Waals surface area contributed by atoms with Crippen molar-refractivity contribution in [3.05, 3.63) is 29.3 Å². The van der Waals surface area contributed by atoms with Gasteiger partial charge in [0.25, 0.3) is 0 Å². The highest BCUT2D eigenvalue weighted by Crippen LogP contribution is 2.21. The summed E-state index contributed by atoms with van der Waals surface area (Å²) < 4.78 is 0. The summed E-state index contributed by atoms with van der Waals surface area (Å²) in [7, 11) is 0. The molecular formula is C16H25NO2. The molecule has 0 heterocycles. The van der Waals surface area contributed by atoms with Crippen LogP contribution in [0.15, 0.2) is 18.2 Å². The Morgan fingerprint density at radius 3 is 2.32 bits per heavy atom. The van der Waals surface area contributed by atoms with Crippen LogP contribution < -0.4 is 4.90 Å². The zero-order valence-corrected chi connectivity index (χ0v) is 12.4. The van der Waals surface area contributed by atoms with E-state index < -0.39 is 5.97 Å². The number of rotatable bonds is 7. The summed E-state index contributed by atoms with van der Waals surface area (Å²) in [4.78, 5) is 13.4. The molecule has 1 rings (SSSR count). The van der Waals surface area contributed by atoms with Gasteiger partial charge in [-0.05, 0) is 43.5 Å². The number of aryl methyl sites for hydroxylation is 1. The second-order valence-corrected chi connectivity index (χ2v) is 5.03. The van der Waals surface area contributed by atoms with Crippen LogP contribution in [0.3, 0.4) is 0 Å². The number of anilines is 1. The van der Waals surface area contributed by atoms with Crippen molar-refractivity contribution in [2.24, 2.45) is 5.92 Å². The van der Waals surface area contributed by atoms with Crippen molar-refractivity contribution >= 4 is 11.7 Å². The van der Waals surface area contributed by atoms with Gasteiger partial charge >= 0.3 is 5.97 Å². The Morgan fingerprint density at radius 2 is 1.89 bits per heavy atom. The van der Waals surface area contributed by atoms with Crippen molar-refractivity contribution in [1.82, 2.24) is 0 Å². The number of carbonyl (C=O) groups is 1. The minimum atomic E-state index is -0.855. The van der Waals surface area contributed by atoms with Gasteiger partial charge in [0.05, 0.1) is 5.56 Å². The molecule has 0 aliphatic heterocycles. The first-order chi connectivity index (χ1) is 9.03. The van der Waals surface area contributed by atoms with Gasteiger partial charge in [0.2, 0.25) is 0 Å².